The molecule has 6 nitrogen and oxygen atoms in total. The first-order valence-corrected chi connectivity index (χ1v) is 5.62. The zero-order valence-electron chi connectivity index (χ0n) is 9.81. The molecule has 0 saturated carbocycles. The molecule has 0 aliphatic carbocycles. The number of nitrogens with zero attached hydrogens (tertiary/aromatic N) is 1. The van der Waals surface area contributed by atoms with Crippen molar-refractivity contribution in [2.24, 2.45) is 0 Å². The number of rotatable bonds is 3. The van der Waals surface area contributed by atoms with E-state index in [1.54, 1.807) is 18.2 Å². The van der Waals surface area contributed by atoms with E-state index in [4.69, 9.17) is 16.7 Å². The highest BCUT2D eigenvalue weighted by atomic mass is 35.5. The summed E-state index contributed by atoms with van der Waals surface area (Å²) in [5.41, 5.74) is 1.22. The van der Waals surface area contributed by atoms with Crippen LogP contribution in [0.5, 0.6) is 0 Å². The van der Waals surface area contributed by atoms with E-state index in [9.17, 15) is 9.59 Å². The second-order valence-electron chi connectivity index (χ2n) is 3.82. The monoisotopic (exact) mass is 280 g/mol. The van der Waals surface area contributed by atoms with Crippen LogP contribution in [0.15, 0.2) is 28.8 Å². The van der Waals surface area contributed by atoms with Gasteiger partial charge in [0, 0.05) is 6.07 Å². The van der Waals surface area contributed by atoms with Gasteiger partial charge in [-0.05, 0) is 24.6 Å². The molecule has 0 aliphatic rings. The molecule has 0 saturated heterocycles. The lowest BCUT2D eigenvalue weighted by Crippen LogP contribution is -2.12. The highest BCUT2D eigenvalue weighted by Crippen LogP contribution is 2.23. The Morgan fingerprint density at radius 2 is 2.11 bits per heavy atom. The number of hydrogen-bond acceptors (Lipinski definition) is 4. The van der Waals surface area contributed by atoms with Gasteiger partial charge in [0.2, 0.25) is 5.76 Å². The maximum absolute atomic E-state index is 11.8. The largest absolute Gasteiger partial charge is 0.475 e. The Labute approximate surface area is 113 Å². The Bertz CT molecular complexity index is 651. The number of halogens is 1. The molecular formula is C12H9ClN2O4. The standard InChI is InChI=1S/C12H9ClN2O4/c1-6-2-3-7(13)8(4-6)14-11(16)9-5-10(12(17)18)19-15-9/h2-5H,1H3,(H,14,16)(H,17,18). The van der Waals surface area contributed by atoms with E-state index >= 15 is 0 Å². The molecule has 0 aliphatic heterocycles. The van der Waals surface area contributed by atoms with Crippen LogP contribution in [-0.2, 0) is 0 Å². The minimum atomic E-state index is -1.29. The minimum absolute atomic E-state index is 0.130. The van der Waals surface area contributed by atoms with Crippen molar-refractivity contribution in [3.63, 3.8) is 0 Å². The van der Waals surface area contributed by atoms with Crippen LogP contribution in [0.2, 0.25) is 5.02 Å². The van der Waals surface area contributed by atoms with E-state index in [1.807, 2.05) is 6.92 Å². The Morgan fingerprint density at radius 3 is 2.74 bits per heavy atom. The molecule has 0 bridgehead atoms. The number of benzene rings is 1. The summed E-state index contributed by atoms with van der Waals surface area (Å²) in [6.07, 6.45) is 0. The number of carboxylic acid groups (broad SMARTS) is 1. The average Bonchev–Trinajstić information content (AvgIpc) is 2.83. The SMILES string of the molecule is Cc1ccc(Cl)c(NC(=O)c2cc(C(=O)O)on2)c1. The number of carbonyl (C=O) groups is 2. The summed E-state index contributed by atoms with van der Waals surface area (Å²) in [5, 5.41) is 14.9. The lowest BCUT2D eigenvalue weighted by atomic mass is 10.2. The number of carboxylic acids is 1. The Balaban J connectivity index is 2.20. The molecule has 19 heavy (non-hydrogen) atoms. The molecule has 7 heteroatoms. The van der Waals surface area contributed by atoms with Crippen molar-refractivity contribution in [3.8, 4) is 0 Å². The van der Waals surface area contributed by atoms with Gasteiger partial charge in [-0.2, -0.15) is 0 Å². The molecule has 0 fully saturated rings. The quantitative estimate of drug-likeness (QED) is 0.901. The van der Waals surface area contributed by atoms with Gasteiger partial charge in [0.1, 0.15) is 0 Å². The Kier molecular flexibility index (Phi) is 3.52. The van der Waals surface area contributed by atoms with Crippen LogP contribution in [0, 0.1) is 6.92 Å². The summed E-state index contributed by atoms with van der Waals surface area (Å²) < 4.78 is 4.50. The first kappa shape index (κ1) is 13.1. The van der Waals surface area contributed by atoms with Crippen molar-refractivity contribution < 1.29 is 19.2 Å². The maximum Gasteiger partial charge on any atom is 0.374 e. The fraction of sp³-hybridized carbons (Fsp3) is 0.0833. The first-order chi connectivity index (χ1) is 8.97. The highest BCUT2D eigenvalue weighted by Gasteiger charge is 2.17. The van der Waals surface area contributed by atoms with E-state index in [-0.39, 0.29) is 5.69 Å². The normalized spacial score (nSPS) is 10.2. The molecule has 0 spiro atoms. The fourth-order valence-electron chi connectivity index (χ4n) is 1.40. The molecule has 2 rings (SSSR count). The summed E-state index contributed by atoms with van der Waals surface area (Å²) in [6.45, 7) is 1.85. The number of aryl methyl sites for hydroxylation is 1. The maximum atomic E-state index is 11.8. The minimum Gasteiger partial charge on any atom is -0.475 e. The van der Waals surface area contributed by atoms with E-state index in [0.717, 1.165) is 11.6 Å². The summed E-state index contributed by atoms with van der Waals surface area (Å²) in [7, 11) is 0. The number of aromatic carboxylic acids is 1. The van der Waals surface area contributed by atoms with Gasteiger partial charge in [-0.15, -0.1) is 0 Å². The second-order valence-corrected chi connectivity index (χ2v) is 4.23. The molecule has 98 valence electrons. The zero-order valence-corrected chi connectivity index (χ0v) is 10.6. The number of anilines is 1. The number of amides is 1. The lowest BCUT2D eigenvalue weighted by molar-refractivity contribution is 0.0651. The Morgan fingerprint density at radius 1 is 1.37 bits per heavy atom. The summed E-state index contributed by atoms with van der Waals surface area (Å²) >= 11 is 5.93. The van der Waals surface area contributed by atoms with Gasteiger partial charge >= 0.3 is 5.97 Å². The molecule has 0 atom stereocenters. The molecule has 1 aromatic heterocycles. The summed E-state index contributed by atoms with van der Waals surface area (Å²) in [6, 6.07) is 6.19. The van der Waals surface area contributed by atoms with Crippen LogP contribution < -0.4 is 5.32 Å². The predicted molar refractivity (Wildman–Crippen MR) is 67.6 cm³/mol. The molecule has 2 N–H and O–H groups in total. The van der Waals surface area contributed by atoms with E-state index in [1.165, 1.54) is 0 Å². The van der Waals surface area contributed by atoms with Crippen LogP contribution in [0.1, 0.15) is 26.6 Å². The molecule has 1 heterocycles. The third-order valence-corrected chi connectivity index (χ3v) is 2.65. The third-order valence-electron chi connectivity index (χ3n) is 2.32. The number of carbonyl (C=O) groups excluding carboxylic acids is 1. The first-order valence-electron chi connectivity index (χ1n) is 5.25. The summed E-state index contributed by atoms with van der Waals surface area (Å²) in [5.74, 6) is -2.29. The van der Waals surface area contributed by atoms with E-state index in [2.05, 4.69) is 15.0 Å². The van der Waals surface area contributed by atoms with Crippen LogP contribution >= 0.6 is 11.6 Å². The second kappa shape index (κ2) is 5.11. The number of nitrogens with one attached hydrogen (secondary N) is 1. The van der Waals surface area contributed by atoms with Crippen molar-refractivity contribution in [2.75, 3.05) is 5.32 Å². The molecular weight excluding hydrogens is 272 g/mol. The zero-order chi connectivity index (χ0) is 14.0. The molecule has 0 unspecified atom stereocenters. The van der Waals surface area contributed by atoms with Crippen LogP contribution in [0.3, 0.4) is 0 Å². The molecule has 2 aromatic rings. The van der Waals surface area contributed by atoms with Crippen LogP contribution in [-0.4, -0.2) is 22.1 Å². The lowest BCUT2D eigenvalue weighted by Gasteiger charge is -2.06. The van der Waals surface area contributed by atoms with Gasteiger partial charge < -0.3 is 14.9 Å². The fourth-order valence-corrected chi connectivity index (χ4v) is 1.57. The topological polar surface area (TPSA) is 92.4 Å². The number of aromatic nitrogens is 1. The smallest absolute Gasteiger partial charge is 0.374 e. The van der Waals surface area contributed by atoms with Gasteiger partial charge in [-0.1, -0.05) is 22.8 Å². The van der Waals surface area contributed by atoms with Crippen molar-refractivity contribution in [1.29, 1.82) is 0 Å². The van der Waals surface area contributed by atoms with Crippen molar-refractivity contribution in [1.82, 2.24) is 5.16 Å². The molecule has 0 radical (unpaired) electrons. The average molecular weight is 281 g/mol. The Hall–Kier alpha value is -2.34. The van der Waals surface area contributed by atoms with E-state index in [0.29, 0.717) is 10.7 Å². The summed E-state index contributed by atoms with van der Waals surface area (Å²) in [4.78, 5) is 22.4. The van der Waals surface area contributed by atoms with Gasteiger partial charge in [0.25, 0.3) is 5.91 Å². The number of hydrogen-bond donors (Lipinski definition) is 2. The predicted octanol–water partition coefficient (Wildman–Crippen LogP) is 2.59. The van der Waals surface area contributed by atoms with E-state index < -0.39 is 17.6 Å². The van der Waals surface area contributed by atoms with Crippen molar-refractivity contribution in [2.45, 2.75) is 6.92 Å². The van der Waals surface area contributed by atoms with Gasteiger partial charge in [0.15, 0.2) is 5.69 Å². The highest BCUT2D eigenvalue weighted by molar-refractivity contribution is 6.33. The molecule has 1 amide bonds. The molecule has 1 aromatic carbocycles. The van der Waals surface area contributed by atoms with Gasteiger partial charge in [0.05, 0.1) is 10.7 Å². The van der Waals surface area contributed by atoms with Crippen LogP contribution in [0.25, 0.3) is 0 Å². The van der Waals surface area contributed by atoms with Crippen LogP contribution in [0.4, 0.5) is 5.69 Å². The third kappa shape index (κ3) is 2.92. The van der Waals surface area contributed by atoms with Crippen molar-refractivity contribution in [3.05, 3.63) is 46.3 Å². The van der Waals surface area contributed by atoms with Crippen molar-refractivity contribution >= 4 is 29.2 Å². The van der Waals surface area contributed by atoms with Gasteiger partial charge in [-0.25, -0.2) is 4.79 Å². The van der Waals surface area contributed by atoms with Gasteiger partial charge in [-0.3, -0.25) is 4.79 Å².